The van der Waals surface area contributed by atoms with Crippen molar-refractivity contribution in [2.24, 2.45) is 0 Å². The van der Waals surface area contributed by atoms with Crippen molar-refractivity contribution in [3.8, 4) is 5.69 Å². The molecular formula is C31H30ClN5O4S. The van der Waals surface area contributed by atoms with Crippen LogP contribution in [0.3, 0.4) is 0 Å². The predicted molar refractivity (Wildman–Crippen MR) is 167 cm³/mol. The van der Waals surface area contributed by atoms with Crippen molar-refractivity contribution in [3.05, 3.63) is 106 Å². The highest BCUT2D eigenvalue weighted by molar-refractivity contribution is 7.80. The molecule has 0 spiro atoms. The Labute approximate surface area is 254 Å². The van der Waals surface area contributed by atoms with Crippen LogP contribution in [-0.4, -0.2) is 45.4 Å². The molecule has 0 saturated carbocycles. The summed E-state index contributed by atoms with van der Waals surface area (Å²) in [6.45, 7) is 5.89. The third-order valence-corrected chi connectivity index (χ3v) is 7.99. The molecule has 1 fully saturated rings. The van der Waals surface area contributed by atoms with Gasteiger partial charge in [0.25, 0.3) is 0 Å². The number of pyridine rings is 1. The van der Waals surface area contributed by atoms with Crippen molar-refractivity contribution in [3.63, 3.8) is 0 Å². The standard InChI is InChI=1S/C31H30ClN5O4S/c1-17-8-9-20(30(39)40)14-26(17)36-18(2)13-22(19(36)3)29-28(25-7-5-6-12-33-25)35-31(42)37(29)21-10-11-24(23(32)15-21)34-27(38)16-41-4/h5-15,28-29H,16H2,1-4H3,(H,34,38)(H,35,42)(H,39,40)/t28-,29+/m0/s1. The molecule has 216 valence electrons. The van der Waals surface area contributed by atoms with Crippen LogP contribution in [-0.2, 0) is 9.53 Å². The lowest BCUT2D eigenvalue weighted by molar-refractivity contribution is -0.119. The summed E-state index contributed by atoms with van der Waals surface area (Å²) in [4.78, 5) is 30.5. The van der Waals surface area contributed by atoms with Gasteiger partial charge in [-0.3, -0.25) is 9.78 Å². The maximum absolute atomic E-state index is 12.1. The molecule has 3 N–H and O–H groups in total. The van der Waals surface area contributed by atoms with Gasteiger partial charge in [0.2, 0.25) is 5.91 Å². The maximum Gasteiger partial charge on any atom is 0.335 e. The molecule has 1 saturated heterocycles. The molecule has 2 aromatic carbocycles. The molecule has 0 bridgehead atoms. The number of methoxy groups -OCH3 is 1. The molecular weight excluding hydrogens is 574 g/mol. The van der Waals surface area contributed by atoms with E-state index in [-0.39, 0.29) is 30.2 Å². The number of rotatable bonds is 8. The van der Waals surface area contributed by atoms with Crippen LogP contribution in [0.1, 0.15) is 50.7 Å². The van der Waals surface area contributed by atoms with E-state index in [1.165, 1.54) is 7.11 Å². The van der Waals surface area contributed by atoms with E-state index in [9.17, 15) is 14.7 Å². The average Bonchev–Trinajstić information content (AvgIpc) is 3.45. The second-order valence-electron chi connectivity index (χ2n) is 10.1. The van der Waals surface area contributed by atoms with Gasteiger partial charge in [-0.05, 0) is 92.6 Å². The first kappa shape index (κ1) is 29.2. The summed E-state index contributed by atoms with van der Waals surface area (Å²) in [6, 6.07) is 17.7. The monoisotopic (exact) mass is 603 g/mol. The number of ether oxygens (including phenoxy) is 1. The van der Waals surface area contributed by atoms with Gasteiger partial charge in [0, 0.05) is 36.1 Å². The second-order valence-corrected chi connectivity index (χ2v) is 10.9. The van der Waals surface area contributed by atoms with Crippen molar-refractivity contribution >= 4 is 52.2 Å². The quantitative estimate of drug-likeness (QED) is 0.213. The number of carboxylic acid groups (broad SMARTS) is 1. The normalized spacial score (nSPS) is 16.4. The van der Waals surface area contributed by atoms with Crippen molar-refractivity contribution in [2.45, 2.75) is 32.9 Å². The number of halogens is 1. The second kappa shape index (κ2) is 11.9. The van der Waals surface area contributed by atoms with E-state index in [2.05, 4.69) is 26.3 Å². The Morgan fingerprint density at radius 3 is 2.57 bits per heavy atom. The van der Waals surface area contributed by atoms with Gasteiger partial charge in [-0.2, -0.15) is 0 Å². The largest absolute Gasteiger partial charge is 0.478 e. The molecule has 42 heavy (non-hydrogen) atoms. The number of aromatic nitrogens is 2. The van der Waals surface area contributed by atoms with E-state index in [0.29, 0.717) is 15.8 Å². The number of anilines is 2. The number of aryl methyl sites for hydroxylation is 2. The minimum Gasteiger partial charge on any atom is -0.478 e. The number of amides is 1. The van der Waals surface area contributed by atoms with Crippen molar-refractivity contribution < 1.29 is 19.4 Å². The molecule has 2 aromatic heterocycles. The molecule has 4 aromatic rings. The third-order valence-electron chi connectivity index (χ3n) is 7.36. The molecule has 0 unspecified atom stereocenters. The number of carbonyl (C=O) groups excluding carboxylic acids is 1. The fourth-order valence-electron chi connectivity index (χ4n) is 5.46. The van der Waals surface area contributed by atoms with Crippen LogP contribution in [0.4, 0.5) is 11.4 Å². The minimum atomic E-state index is -0.982. The highest BCUT2D eigenvalue weighted by Gasteiger charge is 2.42. The molecule has 5 rings (SSSR count). The summed E-state index contributed by atoms with van der Waals surface area (Å²) in [5, 5.41) is 16.7. The lowest BCUT2D eigenvalue weighted by atomic mass is 9.96. The zero-order chi connectivity index (χ0) is 30.1. The van der Waals surface area contributed by atoms with Crippen LogP contribution in [0.5, 0.6) is 0 Å². The van der Waals surface area contributed by atoms with Gasteiger partial charge in [-0.25, -0.2) is 4.79 Å². The molecule has 0 radical (unpaired) electrons. The Bertz CT molecular complexity index is 1690. The van der Waals surface area contributed by atoms with Crippen LogP contribution in [0.15, 0.2) is 66.9 Å². The summed E-state index contributed by atoms with van der Waals surface area (Å²) in [7, 11) is 1.45. The van der Waals surface area contributed by atoms with Crippen LogP contribution >= 0.6 is 23.8 Å². The van der Waals surface area contributed by atoms with Crippen LogP contribution in [0.2, 0.25) is 5.02 Å². The minimum absolute atomic E-state index is 0.0868. The first-order valence-electron chi connectivity index (χ1n) is 13.2. The van der Waals surface area contributed by atoms with Gasteiger partial charge in [0.1, 0.15) is 6.61 Å². The summed E-state index contributed by atoms with van der Waals surface area (Å²) in [5.74, 6) is -1.29. The number of hydrogen-bond donors (Lipinski definition) is 3. The maximum atomic E-state index is 12.1. The van der Waals surface area contributed by atoms with Crippen LogP contribution in [0, 0.1) is 20.8 Å². The Morgan fingerprint density at radius 1 is 1.12 bits per heavy atom. The lowest BCUT2D eigenvalue weighted by Crippen LogP contribution is -2.29. The highest BCUT2D eigenvalue weighted by Crippen LogP contribution is 2.45. The zero-order valence-corrected chi connectivity index (χ0v) is 25.1. The van der Waals surface area contributed by atoms with Crippen molar-refractivity contribution in [1.82, 2.24) is 14.9 Å². The van der Waals surface area contributed by atoms with E-state index in [1.54, 1.807) is 30.5 Å². The molecule has 11 heteroatoms. The van der Waals surface area contributed by atoms with Gasteiger partial charge in [0.05, 0.1) is 34.1 Å². The SMILES string of the molecule is COCC(=O)Nc1ccc(N2C(=S)N[C@@H](c3ccccn3)[C@H]2c2cc(C)n(-c3cc(C(=O)O)ccc3C)c2C)cc1Cl. The van der Waals surface area contributed by atoms with E-state index < -0.39 is 5.97 Å². The number of thiocarbonyl (C=S) groups is 1. The van der Waals surface area contributed by atoms with Gasteiger partial charge in [-0.1, -0.05) is 23.7 Å². The number of nitrogens with zero attached hydrogens (tertiary/aromatic N) is 3. The predicted octanol–water partition coefficient (Wildman–Crippen LogP) is 5.91. The smallest absolute Gasteiger partial charge is 0.335 e. The molecule has 1 amide bonds. The number of carbonyl (C=O) groups is 2. The number of aromatic carboxylic acids is 1. The van der Waals surface area contributed by atoms with Crippen LogP contribution < -0.4 is 15.5 Å². The van der Waals surface area contributed by atoms with Crippen LogP contribution in [0.25, 0.3) is 5.69 Å². The van der Waals surface area contributed by atoms with Crippen molar-refractivity contribution in [1.29, 1.82) is 0 Å². The Hall–Kier alpha value is -4.25. The third kappa shape index (κ3) is 5.48. The summed E-state index contributed by atoms with van der Waals surface area (Å²) < 4.78 is 6.98. The van der Waals surface area contributed by atoms with Gasteiger partial charge < -0.3 is 29.9 Å². The Balaban J connectivity index is 1.63. The fraction of sp³-hybridized carbons (Fsp3) is 0.226. The number of hydrogen-bond acceptors (Lipinski definition) is 5. The molecule has 1 aliphatic rings. The zero-order valence-electron chi connectivity index (χ0n) is 23.5. The first-order chi connectivity index (χ1) is 20.1. The number of carboxylic acids is 1. The van der Waals surface area contributed by atoms with E-state index in [4.69, 9.17) is 28.6 Å². The molecule has 0 aliphatic carbocycles. The van der Waals surface area contributed by atoms with E-state index in [0.717, 1.165) is 39.6 Å². The van der Waals surface area contributed by atoms with E-state index in [1.807, 2.05) is 56.0 Å². The molecule has 1 aliphatic heterocycles. The summed E-state index contributed by atoms with van der Waals surface area (Å²) in [6.07, 6.45) is 1.75. The highest BCUT2D eigenvalue weighted by atomic mass is 35.5. The van der Waals surface area contributed by atoms with Gasteiger partial charge in [0.15, 0.2) is 5.11 Å². The summed E-state index contributed by atoms with van der Waals surface area (Å²) in [5.41, 5.74) is 6.85. The topological polar surface area (TPSA) is 109 Å². The molecule has 9 nitrogen and oxygen atoms in total. The molecule has 2 atom stereocenters. The Morgan fingerprint density at radius 2 is 1.90 bits per heavy atom. The van der Waals surface area contributed by atoms with E-state index >= 15 is 0 Å². The fourth-order valence-corrected chi connectivity index (χ4v) is 6.03. The molecule has 3 heterocycles. The Kier molecular flexibility index (Phi) is 8.31. The van der Waals surface area contributed by atoms with Crippen molar-refractivity contribution in [2.75, 3.05) is 23.9 Å². The number of nitrogens with one attached hydrogen (secondary N) is 2. The van der Waals surface area contributed by atoms with Gasteiger partial charge >= 0.3 is 5.97 Å². The first-order valence-corrected chi connectivity index (χ1v) is 14.0. The van der Waals surface area contributed by atoms with Gasteiger partial charge in [-0.15, -0.1) is 0 Å². The average molecular weight is 604 g/mol. The number of benzene rings is 2. The lowest BCUT2D eigenvalue weighted by Gasteiger charge is -2.28. The summed E-state index contributed by atoms with van der Waals surface area (Å²) >= 11 is 12.5.